The number of hydrogen-bond acceptors (Lipinski definition) is 5. The van der Waals surface area contributed by atoms with E-state index in [1.807, 2.05) is 18.3 Å². The van der Waals surface area contributed by atoms with Crippen LogP contribution in [0.25, 0.3) is 10.9 Å². The number of carbonyl (C=O) groups excluding carboxylic acids is 1. The predicted octanol–water partition coefficient (Wildman–Crippen LogP) is 5.29. The van der Waals surface area contributed by atoms with E-state index in [-0.39, 0.29) is 12.0 Å². The molecule has 3 aliphatic rings. The molecular formula is C31H38N4O2. The van der Waals surface area contributed by atoms with Gasteiger partial charge in [0.05, 0.1) is 12.6 Å². The van der Waals surface area contributed by atoms with Gasteiger partial charge in [0.15, 0.2) is 0 Å². The summed E-state index contributed by atoms with van der Waals surface area (Å²) in [5.41, 5.74) is 4.70. The molecule has 1 aromatic heterocycles. The summed E-state index contributed by atoms with van der Waals surface area (Å²) in [7, 11) is 1.69. The van der Waals surface area contributed by atoms with Crippen molar-refractivity contribution in [3.63, 3.8) is 0 Å². The molecule has 6 rings (SSSR count). The number of fused-ring (bicyclic) bond motifs is 2. The van der Waals surface area contributed by atoms with Gasteiger partial charge >= 0.3 is 0 Å². The first kappa shape index (κ1) is 24.2. The second kappa shape index (κ2) is 10.7. The van der Waals surface area contributed by atoms with Gasteiger partial charge in [0, 0.05) is 73.7 Å². The number of rotatable bonds is 5. The Bertz CT molecular complexity index is 1250. The van der Waals surface area contributed by atoms with Crippen LogP contribution in [0.15, 0.2) is 54.7 Å². The van der Waals surface area contributed by atoms with Crippen LogP contribution < -0.4 is 14.5 Å². The van der Waals surface area contributed by atoms with Gasteiger partial charge in [-0.05, 0) is 55.5 Å². The lowest BCUT2D eigenvalue weighted by Gasteiger charge is -2.44. The third kappa shape index (κ3) is 4.91. The molecule has 194 valence electrons. The Hall–Kier alpha value is -3.12. The van der Waals surface area contributed by atoms with E-state index in [1.54, 1.807) is 7.11 Å². The van der Waals surface area contributed by atoms with Crippen molar-refractivity contribution in [1.29, 1.82) is 0 Å². The Morgan fingerprint density at radius 1 is 0.946 bits per heavy atom. The lowest BCUT2D eigenvalue weighted by molar-refractivity contribution is -0.124. The van der Waals surface area contributed by atoms with Crippen LogP contribution in [-0.2, 0) is 11.2 Å². The Balaban J connectivity index is 1.16. The number of carbonyl (C=O) groups is 1. The summed E-state index contributed by atoms with van der Waals surface area (Å²) >= 11 is 0. The molecule has 0 N–H and O–H groups in total. The molecule has 2 aliphatic heterocycles. The normalized spacial score (nSPS) is 21.2. The highest BCUT2D eigenvalue weighted by Crippen LogP contribution is 2.35. The molecule has 2 aromatic carbocycles. The number of hydrogen-bond donors (Lipinski definition) is 0. The van der Waals surface area contributed by atoms with Gasteiger partial charge < -0.3 is 14.5 Å². The Kier molecular flexibility index (Phi) is 7.01. The summed E-state index contributed by atoms with van der Waals surface area (Å²) in [6.45, 7) is 4.91. The van der Waals surface area contributed by atoms with E-state index in [0.29, 0.717) is 5.91 Å². The molecule has 0 radical (unpaired) electrons. The monoisotopic (exact) mass is 498 g/mol. The van der Waals surface area contributed by atoms with Gasteiger partial charge in [-0.1, -0.05) is 37.5 Å². The van der Waals surface area contributed by atoms with Crippen LogP contribution in [0.3, 0.4) is 0 Å². The fourth-order valence-corrected chi connectivity index (χ4v) is 6.61. The molecule has 6 nitrogen and oxygen atoms in total. The zero-order valence-electron chi connectivity index (χ0n) is 21.9. The number of aryl methyl sites for hydroxylation is 1. The fourth-order valence-electron chi connectivity index (χ4n) is 6.61. The highest BCUT2D eigenvalue weighted by molar-refractivity contribution is 5.97. The van der Waals surface area contributed by atoms with Crippen LogP contribution in [0, 0.1) is 5.92 Å². The quantitative estimate of drug-likeness (QED) is 0.478. The smallest absolute Gasteiger partial charge is 0.230 e. The van der Waals surface area contributed by atoms with Crippen molar-refractivity contribution in [1.82, 2.24) is 9.88 Å². The summed E-state index contributed by atoms with van der Waals surface area (Å²) < 4.78 is 5.39. The predicted molar refractivity (Wildman–Crippen MR) is 150 cm³/mol. The molecule has 1 unspecified atom stereocenters. The van der Waals surface area contributed by atoms with Crippen molar-refractivity contribution in [2.45, 2.75) is 51.0 Å². The number of para-hydroxylation sites is 1. The van der Waals surface area contributed by atoms with E-state index >= 15 is 0 Å². The molecule has 0 bridgehead atoms. The van der Waals surface area contributed by atoms with Gasteiger partial charge in [0.1, 0.15) is 5.75 Å². The summed E-state index contributed by atoms with van der Waals surface area (Å²) in [4.78, 5) is 25.7. The Morgan fingerprint density at radius 3 is 2.57 bits per heavy atom. The number of piperazine rings is 1. The standard InChI is InChI=1S/C31H38N4O2/c1-37-26-13-14-27-28(21-26)32-16-15-30(27)34-19-17-33(18-20-34)22-25-12-11-23-7-5-6-10-29(23)35(25)31(36)24-8-3-2-4-9-24/h5-7,10,13-16,21,24-25H,2-4,8-9,11-12,17-20,22H2,1H3. The highest BCUT2D eigenvalue weighted by Gasteiger charge is 2.36. The van der Waals surface area contributed by atoms with E-state index in [0.717, 1.165) is 75.4 Å². The van der Waals surface area contributed by atoms with E-state index in [1.165, 1.54) is 35.9 Å². The minimum absolute atomic E-state index is 0.192. The van der Waals surface area contributed by atoms with E-state index < -0.39 is 0 Å². The Morgan fingerprint density at radius 2 is 1.76 bits per heavy atom. The summed E-state index contributed by atoms with van der Waals surface area (Å²) in [6, 6.07) is 17.1. The van der Waals surface area contributed by atoms with Gasteiger partial charge in [-0.15, -0.1) is 0 Å². The lowest BCUT2D eigenvalue weighted by Crippen LogP contribution is -2.55. The van der Waals surface area contributed by atoms with Crippen LogP contribution in [-0.4, -0.2) is 61.7 Å². The maximum Gasteiger partial charge on any atom is 0.230 e. The first-order chi connectivity index (χ1) is 18.2. The minimum atomic E-state index is 0.192. The highest BCUT2D eigenvalue weighted by atomic mass is 16.5. The SMILES string of the molecule is COc1ccc2c(N3CCN(CC4CCc5ccccc5N4C(=O)C4CCCCC4)CC3)ccnc2c1. The van der Waals surface area contributed by atoms with E-state index in [4.69, 9.17) is 4.74 Å². The molecule has 1 atom stereocenters. The van der Waals surface area contributed by atoms with Crippen LogP contribution in [0.5, 0.6) is 5.75 Å². The summed E-state index contributed by atoms with van der Waals surface area (Å²) in [6.07, 6.45) is 9.76. The zero-order chi connectivity index (χ0) is 25.2. The fraction of sp³-hybridized carbons (Fsp3) is 0.484. The molecule has 1 amide bonds. The van der Waals surface area contributed by atoms with Crippen LogP contribution in [0.4, 0.5) is 11.4 Å². The number of nitrogens with zero attached hydrogens (tertiary/aromatic N) is 4. The van der Waals surface area contributed by atoms with E-state index in [9.17, 15) is 4.79 Å². The lowest BCUT2D eigenvalue weighted by atomic mass is 9.86. The number of methoxy groups -OCH3 is 1. The summed E-state index contributed by atoms with van der Waals surface area (Å²) in [5.74, 6) is 1.40. The van der Waals surface area contributed by atoms with Gasteiger partial charge in [0.25, 0.3) is 0 Å². The molecule has 1 aliphatic carbocycles. The molecule has 2 fully saturated rings. The second-order valence-electron chi connectivity index (χ2n) is 10.9. The van der Waals surface area contributed by atoms with Gasteiger partial charge in [0.2, 0.25) is 5.91 Å². The van der Waals surface area contributed by atoms with Crippen molar-refractivity contribution in [2.24, 2.45) is 5.92 Å². The maximum absolute atomic E-state index is 13.9. The maximum atomic E-state index is 13.9. The molecule has 37 heavy (non-hydrogen) atoms. The largest absolute Gasteiger partial charge is 0.497 e. The van der Waals surface area contributed by atoms with Crippen molar-refractivity contribution in [2.75, 3.05) is 49.6 Å². The first-order valence-electron chi connectivity index (χ1n) is 14.0. The molecular weight excluding hydrogens is 460 g/mol. The van der Waals surface area contributed by atoms with Gasteiger partial charge in [-0.3, -0.25) is 14.7 Å². The number of benzene rings is 2. The second-order valence-corrected chi connectivity index (χ2v) is 10.9. The van der Waals surface area contributed by atoms with Crippen LogP contribution >= 0.6 is 0 Å². The number of ether oxygens (including phenoxy) is 1. The molecule has 1 saturated heterocycles. The molecule has 1 saturated carbocycles. The number of amides is 1. The van der Waals surface area contributed by atoms with Crippen LogP contribution in [0.1, 0.15) is 44.1 Å². The van der Waals surface area contributed by atoms with Crippen molar-refractivity contribution in [3.05, 3.63) is 60.3 Å². The van der Waals surface area contributed by atoms with Crippen molar-refractivity contribution in [3.8, 4) is 5.75 Å². The first-order valence-corrected chi connectivity index (χ1v) is 14.0. The average Bonchev–Trinajstić information content (AvgIpc) is 2.97. The molecule has 6 heteroatoms. The minimum Gasteiger partial charge on any atom is -0.497 e. The average molecular weight is 499 g/mol. The third-order valence-corrected chi connectivity index (χ3v) is 8.66. The molecule has 3 aromatic rings. The van der Waals surface area contributed by atoms with Gasteiger partial charge in [-0.2, -0.15) is 0 Å². The zero-order valence-corrected chi connectivity index (χ0v) is 21.9. The van der Waals surface area contributed by atoms with Crippen molar-refractivity contribution < 1.29 is 9.53 Å². The number of aromatic nitrogens is 1. The van der Waals surface area contributed by atoms with Gasteiger partial charge in [-0.25, -0.2) is 0 Å². The van der Waals surface area contributed by atoms with E-state index in [2.05, 4.69) is 56.1 Å². The van der Waals surface area contributed by atoms with Crippen molar-refractivity contribution >= 4 is 28.2 Å². The number of pyridine rings is 1. The topological polar surface area (TPSA) is 48.9 Å². The summed E-state index contributed by atoms with van der Waals surface area (Å²) in [5, 5.41) is 1.17. The molecule has 3 heterocycles. The Labute approximate surface area is 220 Å². The van der Waals surface area contributed by atoms with Crippen LogP contribution in [0.2, 0.25) is 0 Å². The number of anilines is 2. The third-order valence-electron chi connectivity index (χ3n) is 8.66. The molecule has 0 spiro atoms.